The Kier molecular flexibility index (Phi) is 5.69. The summed E-state index contributed by atoms with van der Waals surface area (Å²) in [6.45, 7) is 1.82. The number of amides is 1. The Morgan fingerprint density at radius 3 is 2.57 bits per heavy atom. The van der Waals surface area contributed by atoms with Gasteiger partial charge in [-0.05, 0) is 44.1 Å². The molecule has 1 saturated heterocycles. The second kappa shape index (κ2) is 7.35. The van der Waals surface area contributed by atoms with Crippen molar-refractivity contribution in [2.24, 2.45) is 0 Å². The second-order valence-corrected chi connectivity index (χ2v) is 7.71. The molecule has 2 rings (SSSR count). The van der Waals surface area contributed by atoms with Crippen molar-refractivity contribution >= 4 is 15.7 Å². The van der Waals surface area contributed by atoms with Crippen molar-refractivity contribution in [3.63, 3.8) is 0 Å². The number of likely N-dealkylation sites (N-methyl/N-ethyl adjacent to an activating group) is 1. The number of nitrogens with one attached hydrogen (secondary N) is 1. The number of hydrogen-bond acceptors (Lipinski definition) is 4. The van der Waals surface area contributed by atoms with Crippen LogP contribution in [0.5, 0.6) is 0 Å². The third-order valence-electron chi connectivity index (χ3n) is 3.84. The fraction of sp³-hybridized carbons (Fsp3) is 0.533. The topological polar surface area (TPSA) is 66.5 Å². The highest BCUT2D eigenvalue weighted by molar-refractivity contribution is 7.91. The van der Waals surface area contributed by atoms with Crippen molar-refractivity contribution in [1.82, 2.24) is 10.2 Å². The van der Waals surface area contributed by atoms with Crippen LogP contribution in [0.15, 0.2) is 29.2 Å². The number of halogens is 2. The Morgan fingerprint density at radius 2 is 2.00 bits per heavy atom. The molecule has 0 radical (unpaired) electrons. The number of likely N-dealkylation sites (tertiary alicyclic amines) is 1. The van der Waals surface area contributed by atoms with E-state index in [2.05, 4.69) is 10.2 Å². The van der Waals surface area contributed by atoms with E-state index in [9.17, 15) is 22.0 Å². The molecule has 128 valence electrons. The molecular formula is C15H20F2N2O3S. The van der Waals surface area contributed by atoms with Gasteiger partial charge in [-0.3, -0.25) is 4.79 Å². The molecule has 1 amide bonds. The quantitative estimate of drug-likeness (QED) is 0.876. The van der Waals surface area contributed by atoms with Gasteiger partial charge in [0.1, 0.15) is 0 Å². The maximum atomic E-state index is 12.4. The average molecular weight is 346 g/mol. The Labute approximate surface area is 134 Å². The molecule has 0 bridgehead atoms. The predicted molar refractivity (Wildman–Crippen MR) is 82.0 cm³/mol. The molecule has 0 spiro atoms. The minimum absolute atomic E-state index is 0.0925. The predicted octanol–water partition coefficient (Wildman–Crippen LogP) is 1.44. The van der Waals surface area contributed by atoms with Gasteiger partial charge in [0.05, 0.1) is 11.3 Å². The van der Waals surface area contributed by atoms with Gasteiger partial charge >= 0.3 is 5.76 Å². The van der Waals surface area contributed by atoms with Gasteiger partial charge in [0.25, 0.3) is 0 Å². The van der Waals surface area contributed by atoms with Crippen LogP contribution in [0.3, 0.4) is 0 Å². The van der Waals surface area contributed by atoms with E-state index >= 15 is 0 Å². The number of rotatable bonds is 5. The summed E-state index contributed by atoms with van der Waals surface area (Å²) >= 11 is 0. The van der Waals surface area contributed by atoms with Crippen molar-refractivity contribution in [2.45, 2.75) is 36.0 Å². The van der Waals surface area contributed by atoms with E-state index in [0.717, 1.165) is 38.1 Å². The van der Waals surface area contributed by atoms with Gasteiger partial charge in [0.2, 0.25) is 15.7 Å². The zero-order chi connectivity index (χ0) is 17.0. The maximum Gasteiger partial charge on any atom is 0.341 e. The zero-order valence-corrected chi connectivity index (χ0v) is 13.7. The molecule has 1 N–H and O–H groups in total. The minimum Gasteiger partial charge on any atom is -0.352 e. The van der Waals surface area contributed by atoms with Gasteiger partial charge in [-0.25, -0.2) is 8.42 Å². The van der Waals surface area contributed by atoms with Crippen LogP contribution >= 0.6 is 0 Å². The molecule has 1 aromatic carbocycles. The lowest BCUT2D eigenvalue weighted by Gasteiger charge is -2.30. The van der Waals surface area contributed by atoms with Gasteiger partial charge < -0.3 is 10.2 Å². The standard InChI is InChI=1S/C15H20F2N2O3S/c1-19-8-2-3-12(10-19)18-14(20)9-11-4-6-13(7-5-11)23(21,22)15(16)17/h4-7,12,15H,2-3,8-10H2,1H3,(H,18,20)/t12-/m0/s1. The molecule has 1 fully saturated rings. The van der Waals surface area contributed by atoms with Crippen LogP contribution in [-0.2, 0) is 21.1 Å². The van der Waals surface area contributed by atoms with Gasteiger partial charge in [-0.1, -0.05) is 12.1 Å². The van der Waals surface area contributed by atoms with Crippen molar-refractivity contribution in [3.05, 3.63) is 29.8 Å². The Hall–Kier alpha value is -1.54. The largest absolute Gasteiger partial charge is 0.352 e. The summed E-state index contributed by atoms with van der Waals surface area (Å²) in [5.41, 5.74) is 0.583. The first-order valence-corrected chi connectivity index (χ1v) is 8.92. The number of hydrogen-bond donors (Lipinski definition) is 1. The summed E-state index contributed by atoms with van der Waals surface area (Å²) in [6.07, 6.45) is 2.05. The van der Waals surface area contributed by atoms with Crippen LogP contribution in [0.1, 0.15) is 18.4 Å². The van der Waals surface area contributed by atoms with E-state index in [-0.39, 0.29) is 18.4 Å². The summed E-state index contributed by atoms with van der Waals surface area (Å²) < 4.78 is 47.5. The van der Waals surface area contributed by atoms with Crippen molar-refractivity contribution in [2.75, 3.05) is 20.1 Å². The zero-order valence-electron chi connectivity index (χ0n) is 12.8. The van der Waals surface area contributed by atoms with Gasteiger partial charge in [0.15, 0.2) is 0 Å². The molecular weight excluding hydrogens is 326 g/mol. The van der Waals surface area contributed by atoms with E-state index in [4.69, 9.17) is 0 Å². The van der Waals surface area contributed by atoms with Crippen LogP contribution < -0.4 is 5.32 Å². The summed E-state index contributed by atoms with van der Waals surface area (Å²) in [6, 6.07) is 5.11. The molecule has 8 heteroatoms. The summed E-state index contributed by atoms with van der Waals surface area (Å²) in [5.74, 6) is -3.60. The van der Waals surface area contributed by atoms with Gasteiger partial charge in [0, 0.05) is 12.6 Å². The third kappa shape index (κ3) is 4.71. The smallest absolute Gasteiger partial charge is 0.341 e. The minimum atomic E-state index is -4.59. The van der Waals surface area contributed by atoms with E-state index < -0.39 is 20.5 Å². The number of nitrogens with zero attached hydrogens (tertiary/aromatic N) is 1. The molecule has 5 nitrogen and oxygen atoms in total. The normalized spacial score (nSPS) is 19.7. The number of carbonyl (C=O) groups excluding carboxylic acids is 1. The number of carbonyl (C=O) groups is 1. The summed E-state index contributed by atoms with van der Waals surface area (Å²) in [4.78, 5) is 13.7. The second-order valence-electron chi connectivity index (χ2n) is 5.80. The molecule has 1 heterocycles. The van der Waals surface area contributed by atoms with Gasteiger partial charge in [-0.2, -0.15) is 8.78 Å². The lowest BCUT2D eigenvalue weighted by Crippen LogP contribution is -2.46. The molecule has 0 aromatic heterocycles. The van der Waals surface area contributed by atoms with Crippen molar-refractivity contribution in [1.29, 1.82) is 0 Å². The lowest BCUT2D eigenvalue weighted by atomic mass is 10.1. The molecule has 0 saturated carbocycles. The number of alkyl halides is 2. The third-order valence-corrected chi connectivity index (χ3v) is 5.24. The highest BCUT2D eigenvalue weighted by Crippen LogP contribution is 2.18. The maximum absolute atomic E-state index is 12.4. The molecule has 23 heavy (non-hydrogen) atoms. The van der Waals surface area contributed by atoms with E-state index in [1.165, 1.54) is 12.1 Å². The average Bonchev–Trinajstić information content (AvgIpc) is 2.47. The van der Waals surface area contributed by atoms with Crippen LogP contribution in [0.2, 0.25) is 0 Å². The van der Waals surface area contributed by atoms with Crippen LogP contribution in [0.25, 0.3) is 0 Å². The molecule has 1 atom stereocenters. The highest BCUT2D eigenvalue weighted by atomic mass is 32.2. The lowest BCUT2D eigenvalue weighted by molar-refractivity contribution is -0.121. The number of benzene rings is 1. The summed E-state index contributed by atoms with van der Waals surface area (Å²) in [5, 5.41) is 2.94. The van der Waals surface area contributed by atoms with Crippen LogP contribution in [0, 0.1) is 0 Å². The van der Waals surface area contributed by atoms with Crippen LogP contribution in [-0.4, -0.2) is 51.2 Å². The van der Waals surface area contributed by atoms with Gasteiger partial charge in [-0.15, -0.1) is 0 Å². The Morgan fingerprint density at radius 1 is 1.35 bits per heavy atom. The van der Waals surface area contributed by atoms with E-state index in [1.807, 2.05) is 7.05 Å². The molecule has 1 aromatic rings. The molecule has 1 aliphatic heterocycles. The highest BCUT2D eigenvalue weighted by Gasteiger charge is 2.26. The molecule has 1 aliphatic rings. The van der Waals surface area contributed by atoms with Crippen molar-refractivity contribution in [3.8, 4) is 0 Å². The van der Waals surface area contributed by atoms with Crippen LogP contribution in [0.4, 0.5) is 8.78 Å². The number of sulfone groups is 1. The van der Waals surface area contributed by atoms with E-state index in [1.54, 1.807) is 0 Å². The Balaban J connectivity index is 1.94. The first-order chi connectivity index (χ1) is 10.8. The molecule has 0 aliphatic carbocycles. The first-order valence-electron chi connectivity index (χ1n) is 7.38. The fourth-order valence-corrected chi connectivity index (χ4v) is 3.37. The SMILES string of the molecule is CN1CCC[C@H](NC(=O)Cc2ccc(S(=O)(=O)C(F)F)cc2)C1. The fourth-order valence-electron chi connectivity index (χ4n) is 2.65. The number of piperidine rings is 1. The first kappa shape index (κ1) is 17.8. The summed E-state index contributed by atoms with van der Waals surface area (Å²) in [7, 11) is -2.59. The van der Waals surface area contributed by atoms with E-state index in [0.29, 0.717) is 5.56 Å². The monoisotopic (exact) mass is 346 g/mol. The van der Waals surface area contributed by atoms with Crippen molar-refractivity contribution < 1.29 is 22.0 Å². The molecule has 0 unspecified atom stereocenters. The Bertz CT molecular complexity index is 647.